The minimum absolute atomic E-state index is 0.000142. The number of anilines is 1. The van der Waals surface area contributed by atoms with Crippen LogP contribution in [0.3, 0.4) is 0 Å². The molecule has 0 fully saturated rings. The first-order chi connectivity index (χ1) is 8.49. The predicted molar refractivity (Wildman–Crippen MR) is 70.9 cm³/mol. The second-order valence-corrected chi connectivity index (χ2v) is 4.48. The highest BCUT2D eigenvalue weighted by atomic mass is 35.5. The van der Waals surface area contributed by atoms with Crippen molar-refractivity contribution in [3.63, 3.8) is 0 Å². The van der Waals surface area contributed by atoms with Gasteiger partial charge < -0.3 is 5.32 Å². The molecule has 0 bridgehead atoms. The summed E-state index contributed by atoms with van der Waals surface area (Å²) in [6.45, 7) is 6.17. The third-order valence-corrected chi connectivity index (χ3v) is 3.24. The Balaban J connectivity index is 2.95. The van der Waals surface area contributed by atoms with Crippen LogP contribution in [0.2, 0.25) is 5.28 Å². The zero-order valence-corrected chi connectivity index (χ0v) is 11.4. The first-order valence-electron chi connectivity index (χ1n) is 5.93. The van der Waals surface area contributed by atoms with Gasteiger partial charge in [-0.15, -0.1) is 0 Å². The summed E-state index contributed by atoms with van der Waals surface area (Å²) >= 11 is 5.67. The summed E-state index contributed by atoms with van der Waals surface area (Å²) in [6.07, 6.45) is 3.12. The second-order valence-electron chi connectivity index (χ2n) is 4.14. The molecule has 0 saturated heterocycles. The van der Waals surface area contributed by atoms with Crippen molar-refractivity contribution in [3.05, 3.63) is 21.6 Å². The highest BCUT2D eigenvalue weighted by Gasteiger charge is 2.21. The fourth-order valence-electron chi connectivity index (χ4n) is 1.92. The van der Waals surface area contributed by atoms with E-state index in [-0.39, 0.29) is 22.8 Å². The van der Waals surface area contributed by atoms with Crippen molar-refractivity contribution in [2.24, 2.45) is 5.92 Å². The Morgan fingerprint density at radius 3 is 2.61 bits per heavy atom. The first kappa shape index (κ1) is 14.6. The highest BCUT2D eigenvalue weighted by molar-refractivity contribution is 6.28. The quantitative estimate of drug-likeness (QED) is 0.488. The molecule has 0 saturated carbocycles. The summed E-state index contributed by atoms with van der Waals surface area (Å²) < 4.78 is 0. The molecule has 1 atom stereocenters. The molecule has 0 aliphatic carbocycles. The van der Waals surface area contributed by atoms with Gasteiger partial charge in [-0.1, -0.05) is 26.7 Å². The van der Waals surface area contributed by atoms with Crippen molar-refractivity contribution in [1.82, 2.24) is 9.97 Å². The van der Waals surface area contributed by atoms with Gasteiger partial charge in [0.2, 0.25) is 11.1 Å². The van der Waals surface area contributed by atoms with E-state index in [1.54, 1.807) is 0 Å². The smallest absolute Gasteiger partial charge is 0.329 e. The van der Waals surface area contributed by atoms with Crippen molar-refractivity contribution < 1.29 is 4.92 Å². The number of hydrogen-bond acceptors (Lipinski definition) is 5. The maximum Gasteiger partial charge on any atom is 0.329 e. The Hall–Kier alpha value is -1.43. The molecule has 0 aliphatic rings. The Bertz CT molecular complexity index is 424. The number of aromatic nitrogens is 2. The standard InChI is InChI=1S/C11H17ClN4O2/c1-4-8(5-2)7(3)14-10-9(16(17)18)6-13-11(12)15-10/h6-8H,4-5H2,1-3H3,(H,13,14,15). The minimum Gasteiger partial charge on any atom is -0.361 e. The van der Waals surface area contributed by atoms with Crippen LogP contribution in [0.1, 0.15) is 33.6 Å². The highest BCUT2D eigenvalue weighted by Crippen LogP contribution is 2.25. The topological polar surface area (TPSA) is 81.0 Å². The summed E-state index contributed by atoms with van der Waals surface area (Å²) in [6, 6.07) is 0.0877. The Kier molecular flexibility index (Phi) is 5.27. The Labute approximate surface area is 111 Å². The zero-order valence-electron chi connectivity index (χ0n) is 10.7. The molecule has 7 heteroatoms. The number of halogens is 1. The molecule has 0 aliphatic heterocycles. The lowest BCUT2D eigenvalue weighted by Crippen LogP contribution is -2.26. The predicted octanol–water partition coefficient (Wildman–Crippen LogP) is 3.27. The maximum atomic E-state index is 10.9. The summed E-state index contributed by atoms with van der Waals surface area (Å²) in [5.41, 5.74) is -0.155. The van der Waals surface area contributed by atoms with E-state index in [9.17, 15) is 10.1 Å². The van der Waals surface area contributed by atoms with Crippen LogP contribution >= 0.6 is 11.6 Å². The van der Waals surface area contributed by atoms with Gasteiger partial charge in [0.25, 0.3) is 0 Å². The van der Waals surface area contributed by atoms with Crippen molar-refractivity contribution in [3.8, 4) is 0 Å². The van der Waals surface area contributed by atoms with Gasteiger partial charge in [-0.2, -0.15) is 4.98 Å². The number of nitro groups is 1. The normalized spacial score (nSPS) is 12.5. The fourth-order valence-corrected chi connectivity index (χ4v) is 2.06. The van der Waals surface area contributed by atoms with Gasteiger partial charge in [-0.3, -0.25) is 10.1 Å². The largest absolute Gasteiger partial charge is 0.361 e. The van der Waals surface area contributed by atoms with E-state index in [2.05, 4.69) is 29.1 Å². The molecule has 6 nitrogen and oxygen atoms in total. The molecule has 100 valence electrons. The molecule has 1 rings (SSSR count). The van der Waals surface area contributed by atoms with E-state index in [1.807, 2.05) is 6.92 Å². The lowest BCUT2D eigenvalue weighted by molar-refractivity contribution is -0.384. The van der Waals surface area contributed by atoms with Crippen LogP contribution < -0.4 is 5.32 Å². The van der Waals surface area contributed by atoms with Crippen molar-refractivity contribution in [1.29, 1.82) is 0 Å². The van der Waals surface area contributed by atoms with Crippen molar-refractivity contribution in [2.45, 2.75) is 39.7 Å². The van der Waals surface area contributed by atoms with E-state index in [0.717, 1.165) is 19.0 Å². The third-order valence-electron chi connectivity index (χ3n) is 3.06. The monoisotopic (exact) mass is 272 g/mol. The molecule has 0 spiro atoms. The molecule has 1 N–H and O–H groups in total. The molecule has 0 aromatic carbocycles. The molecular weight excluding hydrogens is 256 g/mol. The summed E-state index contributed by atoms with van der Waals surface area (Å²) in [7, 11) is 0. The molecule has 18 heavy (non-hydrogen) atoms. The first-order valence-corrected chi connectivity index (χ1v) is 6.30. The van der Waals surface area contributed by atoms with E-state index >= 15 is 0 Å². The molecule has 0 amide bonds. The number of hydrogen-bond donors (Lipinski definition) is 1. The van der Waals surface area contributed by atoms with Crippen LogP contribution in [0, 0.1) is 16.0 Å². The van der Waals surface area contributed by atoms with Crippen LogP contribution in [0.25, 0.3) is 0 Å². The van der Waals surface area contributed by atoms with Crippen molar-refractivity contribution in [2.75, 3.05) is 5.32 Å². The number of nitrogens with zero attached hydrogens (tertiary/aromatic N) is 3. The molecule has 1 aromatic rings. The van der Waals surface area contributed by atoms with E-state index in [0.29, 0.717) is 5.92 Å². The number of rotatable bonds is 6. The summed E-state index contributed by atoms with van der Waals surface area (Å²) in [4.78, 5) is 17.9. The molecular formula is C11H17ClN4O2. The van der Waals surface area contributed by atoms with Crippen LogP contribution in [-0.2, 0) is 0 Å². The third kappa shape index (κ3) is 3.53. The second kappa shape index (κ2) is 6.49. The molecule has 1 unspecified atom stereocenters. The average Bonchev–Trinajstić information content (AvgIpc) is 2.30. The van der Waals surface area contributed by atoms with Gasteiger partial charge in [0.05, 0.1) is 4.92 Å². The van der Waals surface area contributed by atoms with E-state index in [4.69, 9.17) is 11.6 Å². The maximum absolute atomic E-state index is 10.9. The Morgan fingerprint density at radius 2 is 2.11 bits per heavy atom. The van der Waals surface area contributed by atoms with Crippen LogP contribution in [0.4, 0.5) is 11.5 Å². The fraction of sp³-hybridized carbons (Fsp3) is 0.636. The SMILES string of the molecule is CCC(CC)C(C)Nc1nc(Cl)ncc1[N+](=O)[O-]. The van der Waals surface area contributed by atoms with Gasteiger partial charge in [0, 0.05) is 6.04 Å². The summed E-state index contributed by atoms with van der Waals surface area (Å²) in [5, 5.41) is 13.9. The van der Waals surface area contributed by atoms with Gasteiger partial charge in [0.1, 0.15) is 6.20 Å². The Morgan fingerprint density at radius 1 is 1.50 bits per heavy atom. The molecule has 1 heterocycles. The van der Waals surface area contributed by atoms with Crippen LogP contribution in [-0.4, -0.2) is 20.9 Å². The lowest BCUT2D eigenvalue weighted by atomic mass is 9.95. The van der Waals surface area contributed by atoms with E-state index in [1.165, 1.54) is 0 Å². The van der Waals surface area contributed by atoms with Crippen LogP contribution in [0.15, 0.2) is 6.20 Å². The molecule has 0 radical (unpaired) electrons. The minimum atomic E-state index is -0.516. The molecule has 1 aromatic heterocycles. The van der Waals surface area contributed by atoms with E-state index < -0.39 is 4.92 Å². The van der Waals surface area contributed by atoms with Gasteiger partial charge in [-0.25, -0.2) is 4.98 Å². The summed E-state index contributed by atoms with van der Waals surface area (Å²) in [5.74, 6) is 0.609. The van der Waals surface area contributed by atoms with Crippen LogP contribution in [0.5, 0.6) is 0 Å². The van der Waals surface area contributed by atoms with Gasteiger partial charge in [0.15, 0.2) is 0 Å². The van der Waals surface area contributed by atoms with Gasteiger partial charge in [-0.05, 0) is 24.4 Å². The lowest BCUT2D eigenvalue weighted by Gasteiger charge is -2.22. The zero-order chi connectivity index (χ0) is 13.7. The number of nitrogens with one attached hydrogen (secondary N) is 1. The van der Waals surface area contributed by atoms with Crippen molar-refractivity contribution >= 4 is 23.1 Å². The average molecular weight is 273 g/mol. The van der Waals surface area contributed by atoms with Gasteiger partial charge >= 0.3 is 5.69 Å².